The van der Waals surface area contributed by atoms with Gasteiger partial charge in [-0.2, -0.15) is 11.8 Å². The Labute approximate surface area is 129 Å². The van der Waals surface area contributed by atoms with E-state index in [0.29, 0.717) is 10.3 Å². The lowest BCUT2D eigenvalue weighted by Gasteiger charge is -2.49. The van der Waals surface area contributed by atoms with E-state index in [0.717, 1.165) is 12.0 Å². The zero-order valence-electron chi connectivity index (χ0n) is 13.6. The predicted molar refractivity (Wildman–Crippen MR) is 89.5 cm³/mol. The van der Waals surface area contributed by atoms with Crippen LogP contribution in [0.2, 0.25) is 0 Å². The first-order valence-electron chi connectivity index (χ1n) is 8.65. The highest BCUT2D eigenvalue weighted by molar-refractivity contribution is 8.00. The molecule has 3 rings (SSSR count). The molecule has 0 aromatic carbocycles. The molecule has 2 aliphatic carbocycles. The molecule has 0 aromatic rings. The molecule has 2 atom stereocenters. The third-order valence-corrected chi connectivity index (χ3v) is 7.58. The van der Waals surface area contributed by atoms with Crippen LogP contribution in [-0.4, -0.2) is 47.1 Å². The Morgan fingerprint density at radius 3 is 2.50 bits per heavy atom. The minimum Gasteiger partial charge on any atom is -0.308 e. The molecular formula is C17H32N2S. The minimum absolute atomic E-state index is 0.393. The normalized spacial score (nSPS) is 38.2. The molecule has 0 radical (unpaired) electrons. The van der Waals surface area contributed by atoms with Crippen LogP contribution in [0.3, 0.4) is 0 Å². The van der Waals surface area contributed by atoms with E-state index in [2.05, 4.69) is 42.1 Å². The van der Waals surface area contributed by atoms with Crippen LogP contribution in [0.15, 0.2) is 0 Å². The van der Waals surface area contributed by atoms with Gasteiger partial charge in [-0.25, -0.2) is 0 Å². The van der Waals surface area contributed by atoms with Crippen molar-refractivity contribution in [1.82, 2.24) is 10.2 Å². The van der Waals surface area contributed by atoms with Gasteiger partial charge in [0.2, 0.25) is 0 Å². The molecular weight excluding hydrogens is 264 g/mol. The van der Waals surface area contributed by atoms with Crippen LogP contribution in [0.5, 0.6) is 0 Å². The largest absolute Gasteiger partial charge is 0.308 e. The molecule has 0 amide bonds. The van der Waals surface area contributed by atoms with Crippen molar-refractivity contribution in [3.8, 4) is 0 Å². The van der Waals surface area contributed by atoms with Crippen LogP contribution in [0.4, 0.5) is 0 Å². The summed E-state index contributed by atoms with van der Waals surface area (Å²) in [5.41, 5.74) is 0.393. The van der Waals surface area contributed by atoms with Gasteiger partial charge >= 0.3 is 0 Å². The molecule has 0 aromatic heterocycles. The molecule has 116 valence electrons. The van der Waals surface area contributed by atoms with Gasteiger partial charge in [-0.1, -0.05) is 19.8 Å². The van der Waals surface area contributed by atoms with E-state index >= 15 is 0 Å². The van der Waals surface area contributed by atoms with Gasteiger partial charge < -0.3 is 5.32 Å². The monoisotopic (exact) mass is 296 g/mol. The van der Waals surface area contributed by atoms with Crippen molar-refractivity contribution in [2.24, 2.45) is 5.92 Å². The van der Waals surface area contributed by atoms with E-state index in [1.165, 1.54) is 64.6 Å². The Kier molecular flexibility index (Phi) is 4.41. The van der Waals surface area contributed by atoms with Crippen molar-refractivity contribution in [1.29, 1.82) is 0 Å². The molecule has 0 spiro atoms. The van der Waals surface area contributed by atoms with Gasteiger partial charge in [-0.3, -0.25) is 4.90 Å². The summed E-state index contributed by atoms with van der Waals surface area (Å²) < 4.78 is 0.565. The Hall–Kier alpha value is 0.270. The highest BCUT2D eigenvalue weighted by Crippen LogP contribution is 2.44. The van der Waals surface area contributed by atoms with Gasteiger partial charge in [0, 0.05) is 36.0 Å². The summed E-state index contributed by atoms with van der Waals surface area (Å²) in [6.45, 7) is 8.65. The topological polar surface area (TPSA) is 15.3 Å². The Bertz CT molecular complexity index is 336. The first-order valence-corrected chi connectivity index (χ1v) is 9.87. The lowest BCUT2D eigenvalue weighted by molar-refractivity contribution is 0.0647. The van der Waals surface area contributed by atoms with E-state index in [-0.39, 0.29) is 0 Å². The van der Waals surface area contributed by atoms with Gasteiger partial charge in [-0.15, -0.1) is 0 Å². The number of hydrogen-bond donors (Lipinski definition) is 1. The molecule has 1 N–H and O–H groups in total. The second-order valence-corrected chi connectivity index (χ2v) is 8.91. The van der Waals surface area contributed by atoms with Gasteiger partial charge in [0.15, 0.2) is 0 Å². The smallest absolute Gasteiger partial charge is 0.0309 e. The lowest BCUT2D eigenvalue weighted by atomic mass is 9.89. The van der Waals surface area contributed by atoms with Crippen LogP contribution >= 0.6 is 11.8 Å². The summed E-state index contributed by atoms with van der Waals surface area (Å²) in [6, 6.07) is 0.756. The minimum atomic E-state index is 0.393. The molecule has 1 heterocycles. The van der Waals surface area contributed by atoms with Gasteiger partial charge in [0.05, 0.1) is 0 Å². The SMILES string of the molecule is CCC1CNC(C)(C2CC2)CN1CC1(SC)CCCC1. The summed E-state index contributed by atoms with van der Waals surface area (Å²) in [5, 5.41) is 3.90. The van der Waals surface area contributed by atoms with E-state index in [1.807, 2.05) is 0 Å². The molecule has 1 aliphatic heterocycles. The lowest BCUT2D eigenvalue weighted by Crippen LogP contribution is -2.65. The molecule has 20 heavy (non-hydrogen) atoms. The van der Waals surface area contributed by atoms with Crippen LogP contribution in [0.1, 0.15) is 58.8 Å². The highest BCUT2D eigenvalue weighted by atomic mass is 32.2. The first kappa shape index (κ1) is 15.2. The second kappa shape index (κ2) is 5.81. The number of piperazine rings is 1. The summed E-state index contributed by atoms with van der Waals surface area (Å²) in [7, 11) is 0. The maximum absolute atomic E-state index is 3.90. The average molecular weight is 297 g/mol. The quantitative estimate of drug-likeness (QED) is 0.836. The van der Waals surface area contributed by atoms with E-state index < -0.39 is 0 Å². The third kappa shape index (κ3) is 2.91. The van der Waals surface area contributed by atoms with E-state index in [9.17, 15) is 0 Å². The number of hydrogen-bond acceptors (Lipinski definition) is 3. The van der Waals surface area contributed by atoms with Crippen LogP contribution in [-0.2, 0) is 0 Å². The van der Waals surface area contributed by atoms with Crippen molar-refractivity contribution in [2.75, 3.05) is 25.9 Å². The molecule has 2 saturated carbocycles. The highest BCUT2D eigenvalue weighted by Gasteiger charge is 2.47. The Morgan fingerprint density at radius 1 is 1.25 bits per heavy atom. The fraction of sp³-hybridized carbons (Fsp3) is 1.00. The fourth-order valence-electron chi connectivity index (χ4n) is 4.48. The molecule has 1 saturated heterocycles. The zero-order valence-corrected chi connectivity index (χ0v) is 14.4. The van der Waals surface area contributed by atoms with Crippen molar-refractivity contribution < 1.29 is 0 Å². The van der Waals surface area contributed by atoms with Crippen LogP contribution in [0, 0.1) is 5.92 Å². The molecule has 2 unspecified atom stereocenters. The molecule has 3 aliphatic rings. The first-order chi connectivity index (χ1) is 9.61. The van der Waals surface area contributed by atoms with E-state index in [1.54, 1.807) is 0 Å². The maximum atomic E-state index is 3.90. The number of thioether (sulfide) groups is 1. The average Bonchev–Trinajstić information content (AvgIpc) is 3.22. The third-order valence-electron chi connectivity index (χ3n) is 6.18. The summed E-state index contributed by atoms with van der Waals surface area (Å²) in [4.78, 5) is 2.86. The fourth-order valence-corrected chi connectivity index (χ4v) is 5.48. The van der Waals surface area contributed by atoms with Crippen molar-refractivity contribution in [2.45, 2.75) is 75.1 Å². The van der Waals surface area contributed by atoms with Crippen LogP contribution < -0.4 is 5.32 Å². The predicted octanol–water partition coefficient (Wildman–Crippen LogP) is 3.51. The standard InChI is InChI=1S/C17H32N2S/c1-4-15-11-18-16(2,14-7-8-14)12-19(15)13-17(20-3)9-5-6-10-17/h14-15,18H,4-13H2,1-3H3. The summed E-state index contributed by atoms with van der Waals surface area (Å²) in [5.74, 6) is 0.941. The number of rotatable bonds is 5. The molecule has 3 fully saturated rings. The van der Waals surface area contributed by atoms with Gasteiger partial charge in [0.25, 0.3) is 0 Å². The van der Waals surface area contributed by atoms with Crippen molar-refractivity contribution >= 4 is 11.8 Å². The molecule has 3 heteroatoms. The van der Waals surface area contributed by atoms with Crippen molar-refractivity contribution in [3.63, 3.8) is 0 Å². The van der Waals surface area contributed by atoms with Gasteiger partial charge in [-0.05, 0) is 51.2 Å². The van der Waals surface area contributed by atoms with E-state index in [4.69, 9.17) is 0 Å². The zero-order chi connectivity index (χ0) is 14.2. The Morgan fingerprint density at radius 2 is 1.95 bits per heavy atom. The van der Waals surface area contributed by atoms with Crippen molar-refractivity contribution in [3.05, 3.63) is 0 Å². The van der Waals surface area contributed by atoms with Gasteiger partial charge in [0.1, 0.15) is 0 Å². The Balaban J connectivity index is 1.70. The van der Waals surface area contributed by atoms with Crippen LogP contribution in [0.25, 0.3) is 0 Å². The molecule has 2 nitrogen and oxygen atoms in total. The number of nitrogens with zero attached hydrogens (tertiary/aromatic N) is 1. The number of nitrogens with one attached hydrogen (secondary N) is 1. The maximum Gasteiger partial charge on any atom is 0.0309 e. The molecule has 0 bridgehead atoms. The second-order valence-electron chi connectivity index (χ2n) is 7.63. The summed E-state index contributed by atoms with van der Waals surface area (Å²) in [6.07, 6.45) is 12.3. The summed E-state index contributed by atoms with van der Waals surface area (Å²) >= 11 is 2.15.